The number of ether oxygens (including phenoxy) is 2. The maximum absolute atomic E-state index is 6.58. The van der Waals surface area contributed by atoms with Gasteiger partial charge in [-0.25, -0.2) is 0 Å². The van der Waals surface area contributed by atoms with Crippen molar-refractivity contribution in [2.75, 3.05) is 14.2 Å². The number of hydrogen-bond acceptors (Lipinski definition) is 3. The largest absolute Gasteiger partial charge is 0.493 e. The summed E-state index contributed by atoms with van der Waals surface area (Å²) in [5.41, 5.74) is 3.26. The van der Waals surface area contributed by atoms with Crippen molar-refractivity contribution < 1.29 is 9.47 Å². The van der Waals surface area contributed by atoms with Crippen molar-refractivity contribution >= 4 is 45.5 Å². The average Bonchev–Trinajstić information content (AvgIpc) is 2.84. The third-order valence-electron chi connectivity index (χ3n) is 2.93. The second-order valence-electron chi connectivity index (χ2n) is 4.11. The van der Waals surface area contributed by atoms with E-state index in [0.717, 1.165) is 22.4 Å². The van der Waals surface area contributed by atoms with Crippen LogP contribution in [-0.4, -0.2) is 14.2 Å². The molecule has 0 N–H and O–H groups in total. The van der Waals surface area contributed by atoms with Crippen LogP contribution in [0.25, 0.3) is 0 Å². The number of methoxy groups -OCH3 is 2. The first-order chi connectivity index (χ1) is 9.06. The Morgan fingerprint density at radius 1 is 1.16 bits per heavy atom. The fraction of sp³-hybridized carbons (Fsp3) is 0.286. The normalized spacial score (nSPS) is 12.3. The number of alkyl halides is 1. The van der Waals surface area contributed by atoms with Crippen LogP contribution in [0.4, 0.5) is 0 Å². The van der Waals surface area contributed by atoms with E-state index in [1.54, 1.807) is 25.6 Å². The molecule has 0 saturated carbocycles. The quantitative estimate of drug-likeness (QED) is 0.523. The van der Waals surface area contributed by atoms with Gasteiger partial charge in [0.2, 0.25) is 0 Å². The minimum atomic E-state index is -0.167. The zero-order chi connectivity index (χ0) is 14.0. The second-order valence-corrected chi connectivity index (χ2v) is 7.35. The van der Waals surface area contributed by atoms with Gasteiger partial charge in [-0.1, -0.05) is 0 Å². The highest BCUT2D eigenvalue weighted by Crippen LogP contribution is 2.39. The Kier molecular flexibility index (Phi) is 4.97. The van der Waals surface area contributed by atoms with E-state index in [4.69, 9.17) is 21.1 Å². The van der Waals surface area contributed by atoms with E-state index in [1.807, 2.05) is 19.1 Å². The standard InChI is InChI=1S/C14H14ClIO2S/c1-8-4-11(17-2)12(18-3)6-10(8)14(15)9-5-13(16)19-7-9/h4-7,14H,1-3H3. The van der Waals surface area contributed by atoms with Gasteiger partial charge in [-0.2, -0.15) is 0 Å². The van der Waals surface area contributed by atoms with E-state index in [0.29, 0.717) is 5.75 Å². The first-order valence-corrected chi connectivity index (χ1v) is 8.06. The third kappa shape index (κ3) is 3.17. The van der Waals surface area contributed by atoms with E-state index < -0.39 is 0 Å². The minimum absolute atomic E-state index is 0.167. The Morgan fingerprint density at radius 2 is 1.79 bits per heavy atom. The van der Waals surface area contributed by atoms with Gasteiger partial charge in [0.05, 0.1) is 22.5 Å². The summed E-state index contributed by atoms with van der Waals surface area (Å²) in [4.78, 5) is 0. The van der Waals surface area contributed by atoms with Gasteiger partial charge >= 0.3 is 0 Å². The van der Waals surface area contributed by atoms with Crippen molar-refractivity contribution in [3.05, 3.63) is 43.2 Å². The molecule has 1 aromatic carbocycles. The molecule has 0 bridgehead atoms. The molecule has 0 spiro atoms. The lowest BCUT2D eigenvalue weighted by Crippen LogP contribution is -1.99. The van der Waals surface area contributed by atoms with Crippen LogP contribution in [0, 0.1) is 9.81 Å². The number of thiophene rings is 1. The molecule has 1 aromatic heterocycles. The number of halogens is 2. The van der Waals surface area contributed by atoms with Gasteiger partial charge in [0.15, 0.2) is 11.5 Å². The van der Waals surface area contributed by atoms with E-state index in [9.17, 15) is 0 Å². The summed E-state index contributed by atoms with van der Waals surface area (Å²) in [5, 5.41) is 1.93. The van der Waals surface area contributed by atoms with Crippen molar-refractivity contribution in [3.63, 3.8) is 0 Å². The topological polar surface area (TPSA) is 18.5 Å². The van der Waals surface area contributed by atoms with Gasteiger partial charge in [0, 0.05) is 0 Å². The average molecular weight is 409 g/mol. The van der Waals surface area contributed by atoms with E-state index in [-0.39, 0.29) is 5.38 Å². The Balaban J connectivity index is 2.44. The Labute approximate surface area is 135 Å². The van der Waals surface area contributed by atoms with Crippen molar-refractivity contribution in [1.29, 1.82) is 0 Å². The molecule has 1 unspecified atom stereocenters. The zero-order valence-corrected chi connectivity index (χ0v) is 14.6. The summed E-state index contributed by atoms with van der Waals surface area (Å²) in [6.45, 7) is 2.03. The molecule has 1 heterocycles. The Morgan fingerprint density at radius 3 is 2.32 bits per heavy atom. The summed E-state index contributed by atoms with van der Waals surface area (Å²) in [7, 11) is 3.27. The monoisotopic (exact) mass is 408 g/mol. The van der Waals surface area contributed by atoms with Crippen molar-refractivity contribution in [2.45, 2.75) is 12.3 Å². The van der Waals surface area contributed by atoms with Crippen LogP contribution < -0.4 is 9.47 Å². The maximum atomic E-state index is 6.58. The lowest BCUT2D eigenvalue weighted by Gasteiger charge is -2.16. The number of rotatable bonds is 4. The van der Waals surface area contributed by atoms with Gasteiger partial charge in [0.1, 0.15) is 0 Å². The third-order valence-corrected chi connectivity index (χ3v) is 5.22. The Hall–Kier alpha value is -0.460. The van der Waals surface area contributed by atoms with Crippen LogP contribution in [0.15, 0.2) is 23.6 Å². The van der Waals surface area contributed by atoms with Crippen LogP contribution in [0.5, 0.6) is 11.5 Å². The van der Waals surface area contributed by atoms with Crippen molar-refractivity contribution in [1.82, 2.24) is 0 Å². The summed E-state index contributed by atoms with van der Waals surface area (Å²) >= 11 is 10.6. The summed E-state index contributed by atoms with van der Waals surface area (Å²) in [6, 6.07) is 6.02. The molecule has 0 fully saturated rings. The van der Waals surface area contributed by atoms with Crippen LogP contribution in [0.2, 0.25) is 0 Å². The van der Waals surface area contributed by atoms with Crippen LogP contribution >= 0.6 is 45.5 Å². The van der Waals surface area contributed by atoms with Crippen molar-refractivity contribution in [3.8, 4) is 11.5 Å². The SMILES string of the molecule is COc1cc(C)c(C(Cl)c2csc(I)c2)cc1OC. The van der Waals surface area contributed by atoms with E-state index in [1.165, 1.54) is 2.88 Å². The van der Waals surface area contributed by atoms with Gasteiger partial charge in [-0.15, -0.1) is 22.9 Å². The lowest BCUT2D eigenvalue weighted by molar-refractivity contribution is 0.354. The molecular weight excluding hydrogens is 395 g/mol. The molecule has 5 heteroatoms. The molecule has 102 valence electrons. The smallest absolute Gasteiger partial charge is 0.161 e. The summed E-state index contributed by atoms with van der Waals surface area (Å²) in [5.74, 6) is 1.44. The second kappa shape index (κ2) is 6.33. The molecule has 1 atom stereocenters. The lowest BCUT2D eigenvalue weighted by atomic mass is 10.0. The molecule has 2 rings (SSSR count). The molecule has 0 aliphatic carbocycles. The Bertz CT molecular complexity index is 583. The zero-order valence-electron chi connectivity index (χ0n) is 10.9. The fourth-order valence-corrected chi connectivity index (χ4v) is 3.74. The predicted octanol–water partition coefficient (Wildman–Crippen LogP) is 5.01. The molecule has 0 aliphatic rings. The fourth-order valence-electron chi connectivity index (χ4n) is 1.91. The van der Waals surface area contributed by atoms with Gasteiger partial charge in [0.25, 0.3) is 0 Å². The molecule has 0 amide bonds. The van der Waals surface area contributed by atoms with Gasteiger partial charge < -0.3 is 9.47 Å². The molecule has 0 aliphatic heterocycles. The first-order valence-electron chi connectivity index (χ1n) is 5.67. The molecule has 2 aromatic rings. The van der Waals surface area contributed by atoms with Crippen LogP contribution in [0.3, 0.4) is 0 Å². The molecular formula is C14H14ClIO2S. The van der Waals surface area contributed by atoms with Crippen molar-refractivity contribution in [2.24, 2.45) is 0 Å². The maximum Gasteiger partial charge on any atom is 0.161 e. The van der Waals surface area contributed by atoms with Crippen LogP contribution in [0.1, 0.15) is 22.1 Å². The molecule has 0 saturated heterocycles. The van der Waals surface area contributed by atoms with Crippen LogP contribution in [-0.2, 0) is 0 Å². The number of aryl methyl sites for hydroxylation is 1. The highest BCUT2D eigenvalue weighted by atomic mass is 127. The predicted molar refractivity (Wildman–Crippen MR) is 89.0 cm³/mol. The highest BCUT2D eigenvalue weighted by molar-refractivity contribution is 14.1. The van der Waals surface area contributed by atoms with E-state index >= 15 is 0 Å². The summed E-state index contributed by atoms with van der Waals surface area (Å²) < 4.78 is 11.9. The number of benzene rings is 1. The molecule has 0 radical (unpaired) electrons. The number of hydrogen-bond donors (Lipinski definition) is 0. The first kappa shape index (κ1) is 14.9. The molecule has 2 nitrogen and oxygen atoms in total. The molecule has 19 heavy (non-hydrogen) atoms. The minimum Gasteiger partial charge on any atom is -0.493 e. The van der Waals surface area contributed by atoms with Gasteiger partial charge in [-0.05, 0) is 69.8 Å². The highest BCUT2D eigenvalue weighted by Gasteiger charge is 2.18. The summed E-state index contributed by atoms with van der Waals surface area (Å²) in [6.07, 6.45) is 0. The van der Waals surface area contributed by atoms with Gasteiger partial charge in [-0.3, -0.25) is 0 Å². The van der Waals surface area contributed by atoms with E-state index in [2.05, 4.69) is 34.0 Å².